The fraction of sp³-hybridized carbons (Fsp3) is 0.667. The molecule has 0 amide bonds. The maximum atomic E-state index is 11.2. The predicted molar refractivity (Wildman–Crippen MR) is 60.1 cm³/mol. The van der Waals surface area contributed by atoms with Crippen LogP contribution in [-0.4, -0.2) is 29.8 Å². The molecule has 0 aliphatic rings. The van der Waals surface area contributed by atoms with Crippen molar-refractivity contribution in [1.29, 1.82) is 0 Å². The Balaban J connectivity index is 0. The summed E-state index contributed by atoms with van der Waals surface area (Å²) in [6.45, 7) is 8.74. The zero-order chi connectivity index (χ0) is 12.4. The van der Waals surface area contributed by atoms with Gasteiger partial charge in [-0.3, -0.25) is 0 Å². The summed E-state index contributed by atoms with van der Waals surface area (Å²) in [7, 11) is -4.49. The summed E-state index contributed by atoms with van der Waals surface area (Å²) in [4.78, 5) is 11.2. The first-order valence-electron chi connectivity index (χ1n) is 4.32. The van der Waals surface area contributed by atoms with Gasteiger partial charge in [0.1, 0.15) is 15.7 Å². The van der Waals surface area contributed by atoms with Gasteiger partial charge in [0.15, 0.2) is 0 Å². The molecule has 0 saturated heterocycles. The highest BCUT2D eigenvalue weighted by molar-refractivity contribution is 7.86. The molecule has 1 atom stereocenters. The molecule has 0 spiro atoms. The Morgan fingerprint density at radius 2 is 1.81 bits per heavy atom. The molecular formula is C9H19NO5S. The van der Waals surface area contributed by atoms with Crippen molar-refractivity contribution in [2.24, 2.45) is 0 Å². The number of carbonyl (C=O) groups is 1. The van der Waals surface area contributed by atoms with Gasteiger partial charge in [-0.2, -0.15) is 0 Å². The van der Waals surface area contributed by atoms with Gasteiger partial charge in [0, 0.05) is 5.57 Å². The molecular weight excluding hydrogens is 234 g/mol. The van der Waals surface area contributed by atoms with E-state index in [1.54, 1.807) is 0 Å². The van der Waals surface area contributed by atoms with Crippen molar-refractivity contribution < 1.29 is 22.5 Å². The average molecular weight is 253 g/mol. The third-order valence-electron chi connectivity index (χ3n) is 2.12. The lowest BCUT2D eigenvalue weighted by Gasteiger charge is -2.32. The molecule has 0 aliphatic carbocycles. The zero-order valence-electron chi connectivity index (χ0n) is 10.2. The van der Waals surface area contributed by atoms with Crippen LogP contribution in [0.25, 0.3) is 0 Å². The van der Waals surface area contributed by atoms with E-state index in [9.17, 15) is 17.8 Å². The SMILES string of the molecule is C=C(C)C(=O)OC(C)(C)C(C)S(=O)(=O)[O-].[NH4+]. The van der Waals surface area contributed by atoms with Gasteiger partial charge in [-0.05, 0) is 27.7 Å². The number of ether oxygens (including phenoxy) is 1. The molecule has 16 heavy (non-hydrogen) atoms. The van der Waals surface area contributed by atoms with Crippen LogP contribution in [0.1, 0.15) is 27.7 Å². The van der Waals surface area contributed by atoms with Gasteiger partial charge in [-0.25, -0.2) is 13.2 Å². The van der Waals surface area contributed by atoms with Gasteiger partial charge < -0.3 is 15.4 Å². The second-order valence-electron chi connectivity index (χ2n) is 3.91. The summed E-state index contributed by atoms with van der Waals surface area (Å²) >= 11 is 0. The summed E-state index contributed by atoms with van der Waals surface area (Å²) in [5, 5.41) is -1.31. The van der Waals surface area contributed by atoms with Crippen LogP contribution < -0.4 is 6.15 Å². The number of hydrogen-bond donors (Lipinski definition) is 1. The first kappa shape index (κ1) is 17.5. The molecule has 0 bridgehead atoms. The zero-order valence-corrected chi connectivity index (χ0v) is 11.1. The van der Waals surface area contributed by atoms with Crippen LogP contribution in [0.15, 0.2) is 12.2 Å². The Labute approximate surface area is 96.0 Å². The molecule has 0 rings (SSSR count). The standard InChI is InChI=1S/C9H16O5S.H3N/c1-6(2)8(10)14-9(4,5)7(3)15(11,12)13;/h7H,1H2,2-5H3,(H,11,12,13);1H3. The summed E-state index contributed by atoms with van der Waals surface area (Å²) in [5.41, 5.74) is -1.21. The Bertz CT molecular complexity index is 371. The Hall–Kier alpha value is -0.920. The Morgan fingerprint density at radius 1 is 1.44 bits per heavy atom. The lowest BCUT2D eigenvalue weighted by atomic mass is 10.1. The summed E-state index contributed by atoms with van der Waals surface area (Å²) < 4.78 is 37.1. The van der Waals surface area contributed by atoms with E-state index in [1.165, 1.54) is 27.7 Å². The van der Waals surface area contributed by atoms with Crippen molar-refractivity contribution in [1.82, 2.24) is 6.15 Å². The minimum absolute atomic E-state index is 0. The number of hydrogen-bond acceptors (Lipinski definition) is 5. The van der Waals surface area contributed by atoms with Crippen LogP contribution in [0.2, 0.25) is 0 Å². The molecule has 0 aromatic heterocycles. The van der Waals surface area contributed by atoms with E-state index in [2.05, 4.69) is 6.58 Å². The number of quaternary nitrogens is 1. The topological polar surface area (TPSA) is 120 Å². The normalized spacial score (nSPS) is 13.6. The van der Waals surface area contributed by atoms with E-state index in [0.29, 0.717) is 0 Å². The van der Waals surface area contributed by atoms with Gasteiger partial charge in [0.05, 0.1) is 5.25 Å². The molecule has 0 radical (unpaired) electrons. The minimum atomic E-state index is -4.49. The molecule has 0 fully saturated rings. The van der Waals surface area contributed by atoms with Crippen molar-refractivity contribution in [2.75, 3.05) is 0 Å². The molecule has 7 heteroatoms. The van der Waals surface area contributed by atoms with Crippen molar-refractivity contribution in [3.63, 3.8) is 0 Å². The van der Waals surface area contributed by atoms with Crippen molar-refractivity contribution in [3.8, 4) is 0 Å². The van der Waals surface area contributed by atoms with Crippen LogP contribution in [-0.2, 0) is 19.6 Å². The van der Waals surface area contributed by atoms with E-state index < -0.39 is 26.9 Å². The highest BCUT2D eigenvalue weighted by atomic mass is 32.2. The quantitative estimate of drug-likeness (QED) is 0.458. The summed E-state index contributed by atoms with van der Waals surface area (Å²) in [6, 6.07) is 0. The molecule has 96 valence electrons. The molecule has 1 unspecified atom stereocenters. The van der Waals surface area contributed by atoms with Gasteiger partial charge in [-0.1, -0.05) is 6.58 Å². The lowest BCUT2D eigenvalue weighted by Crippen LogP contribution is -2.43. The van der Waals surface area contributed by atoms with Gasteiger partial charge in [0.2, 0.25) is 0 Å². The Morgan fingerprint density at radius 3 is 2.06 bits per heavy atom. The molecule has 0 saturated carbocycles. The van der Waals surface area contributed by atoms with Crippen LogP contribution in [0.4, 0.5) is 0 Å². The molecule has 4 N–H and O–H groups in total. The smallest absolute Gasteiger partial charge is 0.333 e. The van der Waals surface area contributed by atoms with Crippen molar-refractivity contribution >= 4 is 16.1 Å². The Kier molecular flexibility index (Phi) is 5.92. The van der Waals surface area contributed by atoms with Gasteiger partial charge >= 0.3 is 5.97 Å². The highest BCUT2D eigenvalue weighted by Crippen LogP contribution is 2.21. The minimum Gasteiger partial charge on any atom is -0.748 e. The third kappa shape index (κ3) is 4.73. The number of rotatable bonds is 4. The van der Waals surface area contributed by atoms with Gasteiger partial charge in [-0.15, -0.1) is 0 Å². The third-order valence-corrected chi connectivity index (χ3v) is 3.55. The van der Waals surface area contributed by atoms with E-state index in [4.69, 9.17) is 4.74 Å². The van der Waals surface area contributed by atoms with Crippen LogP contribution in [0.3, 0.4) is 0 Å². The summed E-state index contributed by atoms with van der Waals surface area (Å²) in [6.07, 6.45) is 0. The second-order valence-corrected chi connectivity index (χ2v) is 5.60. The average Bonchev–Trinajstić information content (AvgIpc) is 2.00. The number of carbonyl (C=O) groups excluding carboxylic acids is 1. The first-order valence-corrected chi connectivity index (χ1v) is 5.79. The monoisotopic (exact) mass is 253 g/mol. The van der Waals surface area contributed by atoms with Crippen molar-refractivity contribution in [2.45, 2.75) is 38.5 Å². The van der Waals surface area contributed by atoms with Crippen LogP contribution in [0.5, 0.6) is 0 Å². The number of esters is 1. The van der Waals surface area contributed by atoms with Crippen LogP contribution in [0, 0.1) is 0 Å². The highest BCUT2D eigenvalue weighted by Gasteiger charge is 2.34. The fourth-order valence-corrected chi connectivity index (χ4v) is 1.50. The van der Waals surface area contributed by atoms with Crippen LogP contribution >= 0.6 is 0 Å². The largest absolute Gasteiger partial charge is 0.748 e. The van der Waals surface area contributed by atoms with E-state index in [0.717, 1.165) is 0 Å². The molecule has 6 nitrogen and oxygen atoms in total. The predicted octanol–water partition coefficient (Wildman–Crippen LogP) is 1.19. The molecule has 0 aromatic rings. The summed E-state index contributed by atoms with van der Waals surface area (Å²) in [5.74, 6) is -0.712. The van der Waals surface area contributed by atoms with E-state index in [1.807, 2.05) is 0 Å². The first-order chi connectivity index (χ1) is 6.48. The maximum absolute atomic E-state index is 11.2. The van der Waals surface area contributed by atoms with Crippen molar-refractivity contribution in [3.05, 3.63) is 12.2 Å². The van der Waals surface area contributed by atoms with Gasteiger partial charge in [0.25, 0.3) is 0 Å². The van der Waals surface area contributed by atoms with E-state index >= 15 is 0 Å². The van der Waals surface area contributed by atoms with E-state index in [-0.39, 0.29) is 11.7 Å². The fourth-order valence-electron chi connectivity index (χ4n) is 0.757. The molecule has 0 heterocycles. The second kappa shape index (κ2) is 5.42. The molecule has 0 aliphatic heterocycles. The molecule has 0 aromatic carbocycles. The maximum Gasteiger partial charge on any atom is 0.333 e. The lowest BCUT2D eigenvalue weighted by molar-refractivity contribution is -0.151.